The van der Waals surface area contributed by atoms with Crippen LogP contribution >= 0.6 is 11.3 Å². The van der Waals surface area contributed by atoms with Crippen molar-refractivity contribution >= 4 is 17.2 Å². The number of fused-ring (bicyclic) bond motifs is 1. The number of carbonyl (C=O) groups excluding carboxylic acids is 1. The van der Waals surface area contributed by atoms with Gasteiger partial charge in [-0.05, 0) is 49.1 Å². The van der Waals surface area contributed by atoms with Crippen LogP contribution in [0.3, 0.4) is 0 Å². The van der Waals surface area contributed by atoms with E-state index in [1.165, 1.54) is 10.4 Å². The van der Waals surface area contributed by atoms with E-state index in [1.54, 1.807) is 16.4 Å². The Hall–Kier alpha value is -0.870. The minimum atomic E-state index is 0.0445. The number of thiophene rings is 1. The van der Waals surface area contributed by atoms with Gasteiger partial charge in [-0.3, -0.25) is 9.63 Å². The van der Waals surface area contributed by atoms with E-state index in [9.17, 15) is 4.79 Å². The molecule has 1 aromatic heterocycles. The smallest absolute Gasteiger partial charge is 0.253 e. The van der Waals surface area contributed by atoms with Gasteiger partial charge >= 0.3 is 0 Å². The molecule has 0 aromatic carbocycles. The molecule has 0 bridgehead atoms. The van der Waals surface area contributed by atoms with Gasteiger partial charge in [0.2, 0.25) is 0 Å². The highest BCUT2D eigenvalue weighted by molar-refractivity contribution is 7.10. The molecule has 0 spiro atoms. The van der Waals surface area contributed by atoms with Crippen LogP contribution in [0, 0.1) is 0 Å². The Morgan fingerprint density at radius 2 is 2.35 bits per heavy atom. The zero-order chi connectivity index (χ0) is 11.7. The third kappa shape index (κ3) is 2.11. The molecule has 4 heteroatoms. The van der Waals surface area contributed by atoms with E-state index in [1.807, 2.05) is 0 Å². The second-order valence-electron chi connectivity index (χ2n) is 4.72. The zero-order valence-corrected chi connectivity index (χ0v) is 10.7. The van der Waals surface area contributed by atoms with Crippen LogP contribution in [0.25, 0.3) is 0 Å². The van der Waals surface area contributed by atoms with Crippen molar-refractivity contribution in [3.8, 4) is 0 Å². The Kier molecular flexibility index (Phi) is 3.16. The molecule has 1 unspecified atom stereocenters. The predicted octanol–water partition coefficient (Wildman–Crippen LogP) is 2.72. The van der Waals surface area contributed by atoms with Gasteiger partial charge in [-0.1, -0.05) is 0 Å². The van der Waals surface area contributed by atoms with E-state index in [2.05, 4.69) is 11.4 Å². The molecule has 0 saturated carbocycles. The Balaban J connectivity index is 1.79. The maximum absolute atomic E-state index is 12.4. The summed E-state index contributed by atoms with van der Waals surface area (Å²) in [6.45, 7) is 1.45. The summed E-state index contributed by atoms with van der Waals surface area (Å²) < 4.78 is 0. The highest BCUT2D eigenvalue weighted by Crippen LogP contribution is 2.36. The minimum absolute atomic E-state index is 0.0445. The molecule has 1 aromatic rings. The summed E-state index contributed by atoms with van der Waals surface area (Å²) in [4.78, 5) is 19.3. The van der Waals surface area contributed by atoms with Crippen LogP contribution in [0.4, 0.5) is 0 Å². The summed E-state index contributed by atoms with van der Waals surface area (Å²) >= 11 is 1.78. The average Bonchev–Trinajstić information content (AvgIpc) is 2.87. The zero-order valence-electron chi connectivity index (χ0n) is 9.85. The summed E-state index contributed by atoms with van der Waals surface area (Å²) in [5.41, 5.74) is 1.25. The van der Waals surface area contributed by atoms with Crippen molar-refractivity contribution in [1.82, 2.24) is 5.06 Å². The molecule has 1 amide bonds. The Morgan fingerprint density at radius 1 is 1.41 bits per heavy atom. The van der Waals surface area contributed by atoms with Crippen molar-refractivity contribution in [2.45, 2.75) is 38.0 Å². The van der Waals surface area contributed by atoms with Crippen LogP contribution in [0.2, 0.25) is 0 Å². The van der Waals surface area contributed by atoms with E-state index in [-0.39, 0.29) is 11.8 Å². The van der Waals surface area contributed by atoms with Gasteiger partial charge in [0.25, 0.3) is 5.91 Å². The SMILES string of the molecule is O=C(C1CCCc2sccc21)N1CCCCO1. The van der Waals surface area contributed by atoms with Crippen molar-refractivity contribution < 1.29 is 9.63 Å². The lowest BCUT2D eigenvalue weighted by molar-refractivity contribution is -0.198. The number of amides is 1. The molecule has 3 rings (SSSR count). The van der Waals surface area contributed by atoms with Crippen LogP contribution in [-0.4, -0.2) is 24.1 Å². The number of hydrogen-bond donors (Lipinski definition) is 0. The third-order valence-corrected chi connectivity index (χ3v) is 4.60. The second-order valence-corrected chi connectivity index (χ2v) is 5.73. The van der Waals surface area contributed by atoms with Gasteiger partial charge < -0.3 is 0 Å². The molecule has 0 radical (unpaired) electrons. The maximum atomic E-state index is 12.4. The van der Waals surface area contributed by atoms with Crippen LogP contribution in [0.5, 0.6) is 0 Å². The summed E-state index contributed by atoms with van der Waals surface area (Å²) in [5, 5.41) is 3.70. The molecule has 1 atom stereocenters. The molecule has 1 saturated heterocycles. The Bertz CT molecular complexity index is 409. The summed E-state index contributed by atoms with van der Waals surface area (Å²) in [5.74, 6) is 0.215. The second kappa shape index (κ2) is 4.78. The van der Waals surface area contributed by atoms with Crippen molar-refractivity contribution in [3.05, 3.63) is 21.9 Å². The van der Waals surface area contributed by atoms with Gasteiger partial charge in [-0.15, -0.1) is 11.3 Å². The van der Waals surface area contributed by atoms with Gasteiger partial charge in [0.05, 0.1) is 12.5 Å². The molecule has 1 fully saturated rings. The molecule has 92 valence electrons. The van der Waals surface area contributed by atoms with Gasteiger partial charge in [0.1, 0.15) is 0 Å². The fourth-order valence-electron chi connectivity index (χ4n) is 2.69. The van der Waals surface area contributed by atoms with E-state index < -0.39 is 0 Å². The van der Waals surface area contributed by atoms with Crippen molar-refractivity contribution in [1.29, 1.82) is 0 Å². The lowest BCUT2D eigenvalue weighted by Gasteiger charge is -2.31. The molecule has 2 heterocycles. The first-order valence-corrected chi connectivity index (χ1v) is 7.25. The highest BCUT2D eigenvalue weighted by atomic mass is 32.1. The third-order valence-electron chi connectivity index (χ3n) is 3.60. The molecular weight excluding hydrogens is 234 g/mol. The van der Waals surface area contributed by atoms with E-state index in [0.29, 0.717) is 6.61 Å². The lowest BCUT2D eigenvalue weighted by atomic mass is 9.87. The quantitative estimate of drug-likeness (QED) is 0.768. The number of hydrogen-bond acceptors (Lipinski definition) is 3. The number of carbonyl (C=O) groups is 1. The maximum Gasteiger partial charge on any atom is 0.253 e. The normalized spacial score (nSPS) is 24.5. The highest BCUT2D eigenvalue weighted by Gasteiger charge is 2.31. The fourth-order valence-corrected chi connectivity index (χ4v) is 3.67. The predicted molar refractivity (Wildman–Crippen MR) is 66.9 cm³/mol. The molecular formula is C13H17NO2S. The largest absolute Gasteiger partial charge is 0.272 e. The van der Waals surface area contributed by atoms with Crippen molar-refractivity contribution in [3.63, 3.8) is 0 Å². The van der Waals surface area contributed by atoms with Crippen LogP contribution < -0.4 is 0 Å². The van der Waals surface area contributed by atoms with E-state index in [4.69, 9.17) is 4.84 Å². The standard InChI is InChI=1S/C13H17NO2S/c15-13(14-7-1-2-8-16-14)11-4-3-5-12-10(11)6-9-17-12/h6,9,11H,1-5,7-8H2. The molecule has 1 aliphatic heterocycles. The first-order chi connectivity index (χ1) is 8.36. The molecule has 17 heavy (non-hydrogen) atoms. The van der Waals surface area contributed by atoms with Crippen LogP contribution in [0.15, 0.2) is 11.4 Å². The van der Waals surface area contributed by atoms with Crippen LogP contribution in [0.1, 0.15) is 42.0 Å². The molecule has 3 nitrogen and oxygen atoms in total. The summed E-state index contributed by atoms with van der Waals surface area (Å²) in [6.07, 6.45) is 5.37. The summed E-state index contributed by atoms with van der Waals surface area (Å²) in [7, 11) is 0. The van der Waals surface area contributed by atoms with Crippen LogP contribution in [-0.2, 0) is 16.1 Å². The average molecular weight is 251 g/mol. The fraction of sp³-hybridized carbons (Fsp3) is 0.615. The summed E-state index contributed by atoms with van der Waals surface area (Å²) in [6, 6.07) is 2.12. The van der Waals surface area contributed by atoms with Gasteiger partial charge in [-0.2, -0.15) is 0 Å². The topological polar surface area (TPSA) is 29.5 Å². The van der Waals surface area contributed by atoms with Gasteiger partial charge in [0.15, 0.2) is 0 Å². The number of hydroxylamine groups is 2. The van der Waals surface area contributed by atoms with E-state index >= 15 is 0 Å². The number of rotatable bonds is 1. The lowest BCUT2D eigenvalue weighted by Crippen LogP contribution is -2.39. The Labute approximate surface area is 105 Å². The molecule has 1 aliphatic carbocycles. The molecule has 2 aliphatic rings. The first kappa shape index (κ1) is 11.2. The van der Waals surface area contributed by atoms with Gasteiger partial charge in [-0.25, -0.2) is 5.06 Å². The number of aryl methyl sites for hydroxylation is 1. The first-order valence-electron chi connectivity index (χ1n) is 6.37. The minimum Gasteiger partial charge on any atom is -0.272 e. The van der Waals surface area contributed by atoms with Crippen molar-refractivity contribution in [2.75, 3.05) is 13.2 Å². The van der Waals surface area contributed by atoms with Gasteiger partial charge in [0, 0.05) is 11.4 Å². The van der Waals surface area contributed by atoms with Crippen molar-refractivity contribution in [2.24, 2.45) is 0 Å². The Morgan fingerprint density at radius 3 is 3.18 bits per heavy atom. The molecule has 0 N–H and O–H groups in total. The monoisotopic (exact) mass is 251 g/mol. The van der Waals surface area contributed by atoms with E-state index in [0.717, 1.165) is 38.6 Å². The number of nitrogens with zero attached hydrogens (tertiary/aromatic N) is 1.